The Kier molecular flexibility index (Phi) is 5.02. The van der Waals surface area contributed by atoms with Crippen molar-refractivity contribution in [2.24, 2.45) is 0 Å². The third kappa shape index (κ3) is 3.72. The first-order valence-electron chi connectivity index (χ1n) is 10.8. The molecule has 1 aliphatic heterocycles. The van der Waals surface area contributed by atoms with Crippen molar-refractivity contribution < 1.29 is 9.59 Å². The first-order valence-corrected chi connectivity index (χ1v) is 10.8. The Morgan fingerprint density at radius 1 is 1.06 bits per heavy atom. The van der Waals surface area contributed by atoms with Crippen molar-refractivity contribution in [3.63, 3.8) is 0 Å². The zero-order chi connectivity index (χ0) is 21.4. The van der Waals surface area contributed by atoms with Crippen molar-refractivity contribution in [2.45, 2.75) is 44.3 Å². The number of nitrogens with zero attached hydrogens (tertiary/aromatic N) is 2. The molecule has 5 rings (SSSR count). The molecule has 0 saturated heterocycles. The summed E-state index contributed by atoms with van der Waals surface area (Å²) in [5.41, 5.74) is 4.58. The molecular formula is C26H25N3O2. The number of aryl methyl sites for hydroxylation is 1. The molecule has 5 heteroatoms. The maximum Gasteiger partial charge on any atom is 0.254 e. The van der Waals surface area contributed by atoms with Crippen LogP contribution in [0, 0.1) is 6.92 Å². The summed E-state index contributed by atoms with van der Waals surface area (Å²) in [5.74, 6) is -0.491. The van der Waals surface area contributed by atoms with E-state index in [0.29, 0.717) is 12.1 Å². The fourth-order valence-corrected chi connectivity index (χ4v) is 4.60. The number of benzene rings is 2. The maximum atomic E-state index is 13.6. The van der Waals surface area contributed by atoms with Crippen LogP contribution in [0.25, 0.3) is 0 Å². The first-order chi connectivity index (χ1) is 15.1. The Bertz CT molecular complexity index is 1120. The molecule has 1 N–H and O–H groups in total. The lowest BCUT2D eigenvalue weighted by atomic mass is 9.78. The second-order valence-electron chi connectivity index (χ2n) is 8.44. The molecule has 0 bridgehead atoms. The van der Waals surface area contributed by atoms with Gasteiger partial charge in [-0.25, -0.2) is 0 Å². The second kappa shape index (κ2) is 7.99. The Labute approximate surface area is 182 Å². The molecule has 31 heavy (non-hydrogen) atoms. The highest BCUT2D eigenvalue weighted by Gasteiger charge is 2.48. The number of amides is 2. The number of hydrogen-bond acceptors (Lipinski definition) is 3. The van der Waals surface area contributed by atoms with Gasteiger partial charge in [-0.15, -0.1) is 0 Å². The quantitative estimate of drug-likeness (QED) is 0.686. The zero-order valence-electron chi connectivity index (χ0n) is 17.5. The number of pyridine rings is 1. The number of nitrogens with one attached hydrogen (secondary N) is 1. The van der Waals surface area contributed by atoms with Crippen molar-refractivity contribution >= 4 is 11.8 Å². The van der Waals surface area contributed by atoms with Gasteiger partial charge in [-0.05, 0) is 54.7 Å². The Morgan fingerprint density at radius 2 is 1.84 bits per heavy atom. The van der Waals surface area contributed by atoms with Crippen molar-refractivity contribution in [1.29, 1.82) is 0 Å². The lowest BCUT2D eigenvalue weighted by Gasteiger charge is -2.42. The molecule has 1 aliphatic carbocycles. The highest BCUT2D eigenvalue weighted by Crippen LogP contribution is 2.47. The average molecular weight is 412 g/mol. The molecule has 2 atom stereocenters. The third-order valence-electron chi connectivity index (χ3n) is 6.20. The molecule has 0 radical (unpaired) electrons. The van der Waals surface area contributed by atoms with Crippen LogP contribution in [0.4, 0.5) is 0 Å². The molecule has 3 aromatic rings. The summed E-state index contributed by atoms with van der Waals surface area (Å²) in [5, 5.41) is 3.11. The van der Waals surface area contributed by atoms with E-state index in [4.69, 9.17) is 0 Å². The van der Waals surface area contributed by atoms with Gasteiger partial charge in [-0.1, -0.05) is 48.0 Å². The largest absolute Gasteiger partial charge is 0.351 e. The molecule has 1 saturated carbocycles. The third-order valence-corrected chi connectivity index (χ3v) is 6.20. The van der Waals surface area contributed by atoms with E-state index >= 15 is 0 Å². The van der Waals surface area contributed by atoms with Crippen LogP contribution >= 0.6 is 0 Å². The molecule has 0 spiro atoms. The van der Waals surface area contributed by atoms with Gasteiger partial charge in [-0.3, -0.25) is 14.6 Å². The fraction of sp³-hybridized carbons (Fsp3) is 0.269. The van der Waals surface area contributed by atoms with Gasteiger partial charge in [0.1, 0.15) is 0 Å². The predicted octanol–water partition coefficient (Wildman–Crippen LogP) is 4.15. The lowest BCUT2D eigenvalue weighted by molar-refractivity contribution is -0.124. The topological polar surface area (TPSA) is 62.3 Å². The second-order valence-corrected chi connectivity index (χ2v) is 8.44. The highest BCUT2D eigenvalue weighted by atomic mass is 16.2. The van der Waals surface area contributed by atoms with Gasteiger partial charge in [0, 0.05) is 30.5 Å². The van der Waals surface area contributed by atoms with Crippen LogP contribution in [0.3, 0.4) is 0 Å². The maximum absolute atomic E-state index is 13.6. The summed E-state index contributed by atoms with van der Waals surface area (Å²) < 4.78 is 0. The van der Waals surface area contributed by atoms with Gasteiger partial charge < -0.3 is 10.2 Å². The summed E-state index contributed by atoms with van der Waals surface area (Å²) in [6, 6.07) is 19.4. The minimum atomic E-state index is -0.460. The minimum Gasteiger partial charge on any atom is -0.351 e. The molecule has 5 nitrogen and oxygen atoms in total. The van der Waals surface area contributed by atoms with E-state index in [1.807, 2.05) is 66.4 Å². The molecule has 1 aromatic heterocycles. The van der Waals surface area contributed by atoms with Crippen LogP contribution in [0.2, 0.25) is 0 Å². The van der Waals surface area contributed by atoms with Gasteiger partial charge in [-0.2, -0.15) is 0 Å². The van der Waals surface area contributed by atoms with Crippen LogP contribution < -0.4 is 5.32 Å². The summed E-state index contributed by atoms with van der Waals surface area (Å²) >= 11 is 0. The summed E-state index contributed by atoms with van der Waals surface area (Å²) in [6.07, 6.45) is 5.42. The van der Waals surface area contributed by atoms with E-state index in [1.165, 1.54) is 0 Å². The van der Waals surface area contributed by atoms with Crippen molar-refractivity contribution in [3.05, 3.63) is 101 Å². The molecule has 2 aliphatic rings. The smallest absolute Gasteiger partial charge is 0.254 e. The van der Waals surface area contributed by atoms with Crippen LogP contribution in [0.15, 0.2) is 73.1 Å². The van der Waals surface area contributed by atoms with Crippen molar-refractivity contribution in [1.82, 2.24) is 15.2 Å². The molecule has 2 amide bonds. The number of carbonyl (C=O) groups excluding carboxylic acids is 2. The number of fused-ring (bicyclic) bond motifs is 1. The number of rotatable bonds is 5. The van der Waals surface area contributed by atoms with Crippen LogP contribution in [0.1, 0.15) is 57.4 Å². The Hall–Kier alpha value is -3.47. The standard InChI is InChI=1S/C26H25N3O2/c1-17-5-4-6-19(15-17)24-23(25(30)28-16-18-11-13-27-14-12-18)21-7-2-3-8-22(21)26(31)29(24)20-9-10-20/h2-8,11-15,20,23-24H,9-10,16H2,1H3,(H,28,30)/t23-,24+/m1/s1. The normalized spacial score (nSPS) is 20.3. The van der Waals surface area contributed by atoms with Gasteiger partial charge >= 0.3 is 0 Å². The minimum absolute atomic E-state index is 0.0304. The van der Waals surface area contributed by atoms with Crippen molar-refractivity contribution in [3.8, 4) is 0 Å². The Balaban J connectivity index is 1.58. The van der Waals surface area contributed by atoms with Crippen LogP contribution in [-0.2, 0) is 11.3 Å². The zero-order valence-corrected chi connectivity index (χ0v) is 17.5. The molecule has 1 fully saturated rings. The van der Waals surface area contributed by atoms with E-state index < -0.39 is 5.92 Å². The first kappa shape index (κ1) is 19.5. The average Bonchev–Trinajstić information content (AvgIpc) is 3.63. The summed E-state index contributed by atoms with van der Waals surface area (Å²) in [4.78, 5) is 33.1. The fourth-order valence-electron chi connectivity index (χ4n) is 4.60. The van der Waals surface area contributed by atoms with E-state index in [2.05, 4.69) is 16.4 Å². The SMILES string of the molecule is Cc1cccc([C@H]2[C@H](C(=O)NCc3ccncc3)c3ccccc3C(=O)N2C2CC2)c1. The molecule has 2 heterocycles. The molecule has 2 aromatic carbocycles. The lowest BCUT2D eigenvalue weighted by Crippen LogP contribution is -2.48. The highest BCUT2D eigenvalue weighted by molar-refractivity contribution is 6.01. The predicted molar refractivity (Wildman–Crippen MR) is 118 cm³/mol. The van der Waals surface area contributed by atoms with Gasteiger partial charge in [0.2, 0.25) is 5.91 Å². The number of carbonyl (C=O) groups is 2. The summed E-state index contributed by atoms with van der Waals surface area (Å²) in [7, 11) is 0. The van der Waals surface area contributed by atoms with Gasteiger partial charge in [0.15, 0.2) is 0 Å². The van der Waals surface area contributed by atoms with E-state index in [0.717, 1.165) is 35.1 Å². The van der Waals surface area contributed by atoms with Gasteiger partial charge in [0.05, 0.1) is 12.0 Å². The number of aromatic nitrogens is 1. The van der Waals surface area contributed by atoms with E-state index in [1.54, 1.807) is 12.4 Å². The van der Waals surface area contributed by atoms with Gasteiger partial charge in [0.25, 0.3) is 5.91 Å². The number of hydrogen-bond donors (Lipinski definition) is 1. The molecule has 156 valence electrons. The van der Waals surface area contributed by atoms with E-state index in [-0.39, 0.29) is 23.9 Å². The Morgan fingerprint density at radius 3 is 2.58 bits per heavy atom. The molecule has 0 unspecified atom stereocenters. The molecular weight excluding hydrogens is 386 g/mol. The monoisotopic (exact) mass is 411 g/mol. The summed E-state index contributed by atoms with van der Waals surface area (Å²) in [6.45, 7) is 2.47. The van der Waals surface area contributed by atoms with Crippen molar-refractivity contribution in [2.75, 3.05) is 0 Å². The van der Waals surface area contributed by atoms with Crippen LogP contribution in [-0.4, -0.2) is 27.7 Å². The van der Waals surface area contributed by atoms with Crippen LogP contribution in [0.5, 0.6) is 0 Å². The van der Waals surface area contributed by atoms with E-state index in [9.17, 15) is 9.59 Å².